The van der Waals surface area contributed by atoms with Crippen molar-refractivity contribution in [2.24, 2.45) is 5.41 Å². The van der Waals surface area contributed by atoms with Gasteiger partial charge in [0, 0.05) is 19.0 Å². The van der Waals surface area contributed by atoms with Crippen molar-refractivity contribution in [3.63, 3.8) is 0 Å². The van der Waals surface area contributed by atoms with E-state index in [-0.39, 0.29) is 5.75 Å². The molecular formula is C23H22ClF6N3O6S. The van der Waals surface area contributed by atoms with Gasteiger partial charge < -0.3 is 19.7 Å². The fraction of sp³-hybridized carbons (Fsp3) is 0.609. The van der Waals surface area contributed by atoms with Crippen LogP contribution in [0.1, 0.15) is 39.0 Å². The molecule has 1 heterocycles. The molecule has 0 spiro atoms. The van der Waals surface area contributed by atoms with E-state index in [2.05, 4.69) is 5.32 Å². The van der Waals surface area contributed by atoms with E-state index >= 15 is 0 Å². The number of sulfone groups is 1. The monoisotopic (exact) mass is 617 g/mol. The van der Waals surface area contributed by atoms with Crippen LogP contribution in [0.4, 0.5) is 31.1 Å². The number of likely N-dealkylation sites (tertiary alicyclic amines) is 1. The summed E-state index contributed by atoms with van der Waals surface area (Å²) in [6.45, 7) is -0.0474. The summed E-state index contributed by atoms with van der Waals surface area (Å²) < 4.78 is 116. The molecule has 9 nitrogen and oxygen atoms in total. The van der Waals surface area contributed by atoms with Gasteiger partial charge in [-0.3, -0.25) is 4.79 Å². The van der Waals surface area contributed by atoms with Crippen molar-refractivity contribution in [3.05, 3.63) is 23.2 Å². The fourth-order valence-electron chi connectivity index (χ4n) is 4.31. The number of rotatable bonds is 7. The lowest BCUT2D eigenvalue weighted by molar-refractivity contribution is -0.201. The third-order valence-corrected chi connectivity index (χ3v) is 9.76. The van der Waals surface area contributed by atoms with Crippen LogP contribution in [0, 0.1) is 16.7 Å². The summed E-state index contributed by atoms with van der Waals surface area (Å²) in [7, 11) is -4.52. The Morgan fingerprint density at radius 2 is 1.80 bits per heavy atom. The Morgan fingerprint density at radius 1 is 1.18 bits per heavy atom. The molecule has 4 rings (SSSR count). The summed E-state index contributed by atoms with van der Waals surface area (Å²) in [5.74, 6) is -1.84. The summed E-state index contributed by atoms with van der Waals surface area (Å²) >= 11 is 6.05. The van der Waals surface area contributed by atoms with Gasteiger partial charge in [-0.05, 0) is 44.7 Å². The number of benzene rings is 1. The first-order valence-corrected chi connectivity index (χ1v) is 13.8. The molecule has 3 fully saturated rings. The zero-order valence-corrected chi connectivity index (χ0v) is 22.2. The summed E-state index contributed by atoms with van der Waals surface area (Å²) in [6.07, 6.45) is -15.9. The Morgan fingerprint density at radius 3 is 2.27 bits per heavy atom. The average molecular weight is 618 g/mol. The van der Waals surface area contributed by atoms with Gasteiger partial charge in [0.05, 0.1) is 21.2 Å². The first-order valence-electron chi connectivity index (χ1n) is 11.9. The highest BCUT2D eigenvalue weighted by atomic mass is 35.5. The smallest absolute Gasteiger partial charge is 0.425 e. The molecular weight excluding hydrogens is 596 g/mol. The Kier molecular flexibility index (Phi) is 7.41. The van der Waals surface area contributed by atoms with Gasteiger partial charge in [0.1, 0.15) is 16.7 Å². The van der Waals surface area contributed by atoms with E-state index in [0.717, 1.165) is 25.1 Å². The van der Waals surface area contributed by atoms with Crippen LogP contribution in [-0.2, 0) is 19.4 Å². The number of ether oxygens (including phenoxy) is 2. The van der Waals surface area contributed by atoms with E-state index in [4.69, 9.17) is 26.3 Å². The van der Waals surface area contributed by atoms with Crippen LogP contribution >= 0.6 is 11.6 Å². The second-order valence-corrected chi connectivity index (χ2v) is 12.6. The Labute approximate surface area is 229 Å². The average Bonchev–Trinajstić information content (AvgIpc) is 3.75. The van der Waals surface area contributed by atoms with Crippen molar-refractivity contribution in [1.82, 2.24) is 10.2 Å². The van der Waals surface area contributed by atoms with Gasteiger partial charge in [0.25, 0.3) is 0 Å². The molecule has 1 N–H and O–H groups in total. The SMILES string of the molecule is C[C@H](Oc1ccc(S(=O)(=O)[C@@H]2C[C@@H](OC(=O)NC3(C#N)CC3)N(C(=O)C3(C(F)(F)F)CC3)C2)c(Cl)c1)C(F)(F)F. The number of nitrogens with zero attached hydrogens (tertiary/aromatic N) is 2. The summed E-state index contributed by atoms with van der Waals surface area (Å²) in [5, 5.41) is 9.32. The Bertz CT molecular complexity index is 1350. The van der Waals surface area contributed by atoms with Crippen LogP contribution in [0.5, 0.6) is 5.75 Å². The molecule has 1 aromatic carbocycles. The largest absolute Gasteiger partial charge is 0.481 e. The number of nitrogens with one attached hydrogen (secondary N) is 1. The predicted octanol–water partition coefficient (Wildman–Crippen LogP) is 4.50. The molecule has 3 atom stereocenters. The van der Waals surface area contributed by atoms with Crippen molar-refractivity contribution in [3.8, 4) is 11.8 Å². The van der Waals surface area contributed by atoms with Gasteiger partial charge in [-0.15, -0.1) is 0 Å². The molecule has 1 saturated heterocycles. The molecule has 2 saturated carbocycles. The number of carbonyl (C=O) groups is 2. The molecule has 2 aliphatic carbocycles. The summed E-state index contributed by atoms with van der Waals surface area (Å²) in [5.41, 5.74) is -3.94. The number of carbonyl (C=O) groups excluding carboxylic acids is 2. The topological polar surface area (TPSA) is 126 Å². The summed E-state index contributed by atoms with van der Waals surface area (Å²) in [6, 6.07) is 4.51. The second-order valence-electron chi connectivity index (χ2n) is 10.0. The molecule has 0 aromatic heterocycles. The summed E-state index contributed by atoms with van der Waals surface area (Å²) in [4.78, 5) is 25.4. The lowest BCUT2D eigenvalue weighted by Crippen LogP contribution is -2.49. The minimum Gasteiger partial charge on any atom is -0.481 e. The lowest BCUT2D eigenvalue weighted by Gasteiger charge is -2.29. The minimum absolute atomic E-state index is 0.306. The third kappa shape index (κ3) is 5.63. The highest BCUT2D eigenvalue weighted by Crippen LogP contribution is 2.59. The van der Waals surface area contributed by atoms with E-state index < -0.39 is 98.5 Å². The van der Waals surface area contributed by atoms with Gasteiger partial charge in [0.2, 0.25) is 5.91 Å². The van der Waals surface area contributed by atoms with Crippen LogP contribution in [-0.4, -0.2) is 67.3 Å². The quantitative estimate of drug-likeness (QED) is 0.447. The van der Waals surface area contributed by atoms with Crippen LogP contribution in [0.15, 0.2) is 23.1 Å². The molecule has 1 aliphatic heterocycles. The number of amides is 2. The standard InChI is InChI=1S/C23H22ClF6N3O6S/c1-12(22(25,26)27)38-13-2-3-16(15(24)8-13)40(36,37)14-9-17(39-19(35)32-20(11-31)4-5-20)33(10-14)18(34)21(6-7-21)23(28,29)30/h2-3,8,12,14,17H,4-7,9-10H2,1H3,(H,32,35)/t12-,14+,17+/m0/s1. The first-order chi connectivity index (χ1) is 18.3. The van der Waals surface area contributed by atoms with Crippen LogP contribution in [0.25, 0.3) is 0 Å². The fourth-order valence-corrected chi connectivity index (χ4v) is 6.52. The minimum atomic E-state index is -4.93. The van der Waals surface area contributed by atoms with Crippen molar-refractivity contribution in [2.45, 2.75) is 79.4 Å². The Balaban J connectivity index is 1.58. The van der Waals surface area contributed by atoms with Gasteiger partial charge in [0.15, 0.2) is 22.2 Å². The maximum atomic E-state index is 13.7. The zero-order chi connectivity index (χ0) is 29.9. The maximum Gasteiger partial charge on any atom is 0.425 e. The second kappa shape index (κ2) is 9.86. The van der Waals surface area contributed by atoms with Gasteiger partial charge in [-0.1, -0.05) is 11.6 Å². The first kappa shape index (κ1) is 30.0. The highest BCUT2D eigenvalue weighted by molar-refractivity contribution is 7.92. The van der Waals surface area contributed by atoms with Crippen molar-refractivity contribution in [1.29, 1.82) is 5.26 Å². The van der Waals surface area contributed by atoms with Gasteiger partial charge in [-0.25, -0.2) is 13.2 Å². The van der Waals surface area contributed by atoms with Crippen molar-refractivity contribution in [2.75, 3.05) is 6.54 Å². The maximum absolute atomic E-state index is 13.7. The van der Waals surface area contributed by atoms with E-state index in [1.165, 1.54) is 0 Å². The number of hydrogen-bond donors (Lipinski definition) is 1. The number of hydrogen-bond acceptors (Lipinski definition) is 7. The molecule has 220 valence electrons. The van der Waals surface area contributed by atoms with Gasteiger partial charge >= 0.3 is 18.4 Å². The number of alkyl carbamates (subject to hydrolysis) is 1. The molecule has 3 aliphatic rings. The van der Waals surface area contributed by atoms with Crippen molar-refractivity contribution < 1.29 is 53.8 Å². The molecule has 1 aromatic rings. The predicted molar refractivity (Wildman–Crippen MR) is 124 cm³/mol. The van der Waals surface area contributed by atoms with E-state index in [0.29, 0.717) is 17.7 Å². The highest BCUT2D eigenvalue weighted by Gasteiger charge is 2.70. The van der Waals surface area contributed by atoms with E-state index in [1.807, 2.05) is 6.07 Å². The van der Waals surface area contributed by atoms with Crippen LogP contribution in [0.2, 0.25) is 5.02 Å². The molecule has 0 radical (unpaired) electrons. The third-order valence-electron chi connectivity index (χ3n) is 7.15. The molecule has 17 heteroatoms. The molecule has 2 amide bonds. The van der Waals surface area contributed by atoms with Crippen molar-refractivity contribution >= 4 is 33.4 Å². The molecule has 40 heavy (non-hydrogen) atoms. The van der Waals surface area contributed by atoms with E-state index in [1.54, 1.807) is 0 Å². The zero-order valence-electron chi connectivity index (χ0n) is 20.6. The number of nitriles is 1. The molecule has 0 unspecified atom stereocenters. The Hall–Kier alpha value is -2.93. The number of alkyl halides is 6. The lowest BCUT2D eigenvalue weighted by atomic mass is 10.1. The molecule has 0 bridgehead atoms. The van der Waals surface area contributed by atoms with Crippen LogP contribution < -0.4 is 10.1 Å². The van der Waals surface area contributed by atoms with E-state index in [9.17, 15) is 44.3 Å². The van der Waals surface area contributed by atoms with Crippen LogP contribution in [0.3, 0.4) is 0 Å². The van der Waals surface area contributed by atoms with Gasteiger partial charge in [-0.2, -0.15) is 31.6 Å². The normalized spacial score (nSPS) is 24.0. The number of halogens is 7.